The van der Waals surface area contributed by atoms with Gasteiger partial charge in [-0.05, 0) is 12.5 Å². The monoisotopic (exact) mass is 351 g/mol. The molecule has 0 heterocycles. The number of rotatable bonds is 8. The number of ketones is 1. The van der Waals surface area contributed by atoms with Crippen molar-refractivity contribution >= 4 is 23.8 Å². The number of ether oxygens (including phenoxy) is 1. The third-order valence-electron chi connectivity index (χ3n) is 3.30. The van der Waals surface area contributed by atoms with Crippen molar-refractivity contribution in [2.24, 2.45) is 11.5 Å². The van der Waals surface area contributed by atoms with Gasteiger partial charge in [-0.2, -0.15) is 0 Å². The minimum Gasteiger partial charge on any atom is -0.481 e. The zero-order chi connectivity index (χ0) is 19.0. The number of amides is 2. The van der Waals surface area contributed by atoms with Crippen LogP contribution in [0.15, 0.2) is 30.3 Å². The maximum Gasteiger partial charge on any atom is 0.414 e. The summed E-state index contributed by atoms with van der Waals surface area (Å²) in [6.45, 7) is 1.20. The highest BCUT2D eigenvalue weighted by atomic mass is 16.5. The number of carboxylic acids is 1. The number of carbonyl (C=O) groups excluding carboxylic acids is 3. The SMILES string of the molecule is CC(N)(CC(=O)[C@H](N)CC(=O)O)C(=O)NC(=O)OCc1ccccc1. The van der Waals surface area contributed by atoms with Crippen molar-refractivity contribution in [2.75, 3.05) is 0 Å². The average molecular weight is 351 g/mol. The summed E-state index contributed by atoms with van der Waals surface area (Å²) in [5, 5.41) is 10.5. The molecule has 9 heteroatoms. The fraction of sp³-hybridized carbons (Fsp3) is 0.375. The van der Waals surface area contributed by atoms with Gasteiger partial charge in [-0.3, -0.25) is 19.7 Å². The lowest BCUT2D eigenvalue weighted by Gasteiger charge is -2.23. The molecule has 2 amide bonds. The van der Waals surface area contributed by atoms with Crippen LogP contribution >= 0.6 is 0 Å². The van der Waals surface area contributed by atoms with Crippen molar-refractivity contribution < 1.29 is 29.0 Å². The molecule has 2 atom stereocenters. The smallest absolute Gasteiger partial charge is 0.414 e. The highest BCUT2D eigenvalue weighted by Crippen LogP contribution is 2.10. The molecule has 0 aliphatic carbocycles. The van der Waals surface area contributed by atoms with Gasteiger partial charge in [0, 0.05) is 6.42 Å². The summed E-state index contributed by atoms with van der Waals surface area (Å²) in [6, 6.07) is 7.54. The molecule has 0 saturated carbocycles. The van der Waals surface area contributed by atoms with E-state index in [1.54, 1.807) is 30.3 Å². The van der Waals surface area contributed by atoms with Gasteiger partial charge < -0.3 is 21.3 Å². The Kier molecular flexibility index (Phi) is 7.22. The average Bonchev–Trinajstić information content (AvgIpc) is 2.52. The van der Waals surface area contributed by atoms with Crippen LogP contribution in [0.2, 0.25) is 0 Å². The lowest BCUT2D eigenvalue weighted by Crippen LogP contribution is -2.55. The number of Topliss-reactive ketones (excluding diaryl/α,β-unsaturated/α-hetero) is 1. The minimum absolute atomic E-state index is 0.0380. The van der Waals surface area contributed by atoms with Crippen LogP contribution < -0.4 is 16.8 Å². The van der Waals surface area contributed by atoms with Crippen LogP contribution in [0, 0.1) is 0 Å². The van der Waals surface area contributed by atoms with E-state index in [1.165, 1.54) is 6.92 Å². The van der Waals surface area contributed by atoms with Crippen molar-refractivity contribution in [2.45, 2.75) is 38.0 Å². The largest absolute Gasteiger partial charge is 0.481 e. The molecule has 0 radical (unpaired) electrons. The van der Waals surface area contributed by atoms with E-state index in [2.05, 4.69) is 0 Å². The number of carboxylic acid groups (broad SMARTS) is 1. The van der Waals surface area contributed by atoms with Crippen LogP contribution in [0.1, 0.15) is 25.3 Å². The Morgan fingerprint density at radius 2 is 1.84 bits per heavy atom. The zero-order valence-electron chi connectivity index (χ0n) is 13.7. The van der Waals surface area contributed by atoms with E-state index in [-0.39, 0.29) is 6.61 Å². The number of carbonyl (C=O) groups is 4. The second kappa shape index (κ2) is 8.90. The van der Waals surface area contributed by atoms with Crippen LogP contribution in [0.25, 0.3) is 0 Å². The molecular formula is C16H21N3O6. The molecule has 1 unspecified atom stereocenters. The Balaban J connectivity index is 2.51. The van der Waals surface area contributed by atoms with Gasteiger partial charge in [-0.25, -0.2) is 4.79 Å². The molecule has 6 N–H and O–H groups in total. The molecule has 25 heavy (non-hydrogen) atoms. The molecule has 0 aliphatic rings. The number of hydrogen-bond acceptors (Lipinski definition) is 7. The molecule has 0 aromatic heterocycles. The number of imide groups is 1. The molecule has 0 saturated heterocycles. The summed E-state index contributed by atoms with van der Waals surface area (Å²) in [5.74, 6) is -2.87. The molecule has 1 rings (SSSR count). The van der Waals surface area contributed by atoms with Crippen LogP contribution in [0.4, 0.5) is 4.79 Å². The number of hydrogen-bond donors (Lipinski definition) is 4. The van der Waals surface area contributed by atoms with Gasteiger partial charge in [-0.15, -0.1) is 0 Å². The summed E-state index contributed by atoms with van der Waals surface area (Å²) in [7, 11) is 0. The Hall–Kier alpha value is -2.78. The van der Waals surface area contributed by atoms with Gasteiger partial charge in [0.1, 0.15) is 12.1 Å². The second-order valence-electron chi connectivity index (χ2n) is 5.78. The van der Waals surface area contributed by atoms with Gasteiger partial charge in [-0.1, -0.05) is 30.3 Å². The Bertz CT molecular complexity index is 645. The van der Waals surface area contributed by atoms with Crippen molar-refractivity contribution in [3.8, 4) is 0 Å². The minimum atomic E-state index is -1.74. The van der Waals surface area contributed by atoms with Crippen LogP contribution in [0.3, 0.4) is 0 Å². The first kappa shape index (κ1) is 20.3. The van der Waals surface area contributed by atoms with E-state index in [0.29, 0.717) is 0 Å². The lowest BCUT2D eigenvalue weighted by atomic mass is 9.92. The van der Waals surface area contributed by atoms with Gasteiger partial charge in [0.25, 0.3) is 0 Å². The molecule has 0 fully saturated rings. The highest BCUT2D eigenvalue weighted by Gasteiger charge is 2.34. The molecule has 136 valence electrons. The lowest BCUT2D eigenvalue weighted by molar-refractivity contribution is -0.139. The summed E-state index contributed by atoms with van der Waals surface area (Å²) >= 11 is 0. The van der Waals surface area contributed by atoms with E-state index < -0.39 is 48.2 Å². The van der Waals surface area contributed by atoms with Crippen LogP contribution in [0.5, 0.6) is 0 Å². The molecule has 0 spiro atoms. The topological polar surface area (TPSA) is 162 Å². The Labute approximate surface area is 144 Å². The number of nitrogens with two attached hydrogens (primary N) is 2. The first-order valence-electron chi connectivity index (χ1n) is 7.43. The van der Waals surface area contributed by atoms with Crippen molar-refractivity contribution in [1.29, 1.82) is 0 Å². The second-order valence-corrected chi connectivity index (χ2v) is 5.78. The summed E-state index contributed by atoms with van der Waals surface area (Å²) in [5.41, 5.74) is 10.2. The van der Waals surface area contributed by atoms with E-state index in [4.69, 9.17) is 21.3 Å². The summed E-state index contributed by atoms with van der Waals surface area (Å²) in [4.78, 5) is 46.0. The van der Waals surface area contributed by atoms with E-state index in [0.717, 1.165) is 5.56 Å². The van der Waals surface area contributed by atoms with Gasteiger partial charge in [0.15, 0.2) is 5.78 Å². The fourth-order valence-electron chi connectivity index (χ4n) is 1.87. The standard InChI is InChI=1S/C16H21N3O6/c1-16(18,8-12(20)11(17)7-13(21)22)14(23)19-15(24)25-9-10-5-3-2-4-6-10/h2-6,11H,7-9,17-18H2,1H3,(H,21,22)(H,19,23,24)/t11-,16?/m1/s1. The maximum atomic E-state index is 12.0. The summed E-state index contributed by atoms with van der Waals surface area (Å²) < 4.78 is 4.89. The predicted molar refractivity (Wildman–Crippen MR) is 87.2 cm³/mol. The third-order valence-corrected chi connectivity index (χ3v) is 3.30. The normalized spacial score (nSPS) is 14.0. The van der Waals surface area contributed by atoms with Gasteiger partial charge in [0.2, 0.25) is 5.91 Å². The zero-order valence-corrected chi connectivity index (χ0v) is 13.7. The third kappa shape index (κ3) is 7.10. The maximum absolute atomic E-state index is 12.0. The van der Waals surface area contributed by atoms with Crippen LogP contribution in [-0.2, 0) is 25.7 Å². The van der Waals surface area contributed by atoms with E-state index in [1.807, 2.05) is 5.32 Å². The first-order valence-corrected chi connectivity index (χ1v) is 7.43. The molecule has 9 nitrogen and oxygen atoms in total. The Morgan fingerprint density at radius 3 is 2.40 bits per heavy atom. The van der Waals surface area contributed by atoms with Gasteiger partial charge >= 0.3 is 12.1 Å². The van der Waals surface area contributed by atoms with Crippen molar-refractivity contribution in [3.05, 3.63) is 35.9 Å². The Morgan fingerprint density at radius 1 is 1.24 bits per heavy atom. The van der Waals surface area contributed by atoms with Crippen LogP contribution in [-0.4, -0.2) is 40.4 Å². The molecule has 1 aromatic carbocycles. The molecular weight excluding hydrogens is 330 g/mol. The first-order chi connectivity index (χ1) is 11.6. The highest BCUT2D eigenvalue weighted by molar-refractivity contribution is 6.01. The van der Waals surface area contributed by atoms with Crippen molar-refractivity contribution in [1.82, 2.24) is 5.32 Å². The quantitative estimate of drug-likeness (QED) is 0.505. The van der Waals surface area contributed by atoms with E-state index >= 15 is 0 Å². The van der Waals surface area contributed by atoms with Gasteiger partial charge in [0.05, 0.1) is 12.5 Å². The number of aliphatic carboxylic acids is 1. The molecule has 0 bridgehead atoms. The number of benzene rings is 1. The van der Waals surface area contributed by atoms with E-state index in [9.17, 15) is 19.2 Å². The molecule has 0 aliphatic heterocycles. The summed E-state index contributed by atoms with van der Waals surface area (Å²) in [6.07, 6.45) is -2.10. The molecule has 1 aromatic rings. The number of alkyl carbamates (subject to hydrolysis) is 1. The van der Waals surface area contributed by atoms with Crippen molar-refractivity contribution in [3.63, 3.8) is 0 Å². The predicted octanol–water partition coefficient (Wildman–Crippen LogP) is -0.0820. The fourth-order valence-corrected chi connectivity index (χ4v) is 1.87. The number of nitrogens with one attached hydrogen (secondary N) is 1.